The predicted molar refractivity (Wildman–Crippen MR) is 119 cm³/mol. The van der Waals surface area contributed by atoms with Crippen molar-refractivity contribution in [2.75, 3.05) is 13.7 Å². The van der Waals surface area contributed by atoms with Crippen LogP contribution in [0.1, 0.15) is 11.1 Å². The van der Waals surface area contributed by atoms with Gasteiger partial charge in [-0.05, 0) is 35.9 Å². The lowest BCUT2D eigenvalue weighted by Gasteiger charge is -2.13. The average Bonchev–Trinajstić information content (AvgIpc) is 2.96. The summed E-state index contributed by atoms with van der Waals surface area (Å²) in [4.78, 5) is 14.5. The number of carbonyl (C=O) groups excluding carboxylic acids is 1. The van der Waals surface area contributed by atoms with E-state index in [1.807, 2.05) is 0 Å². The number of ether oxygens (including phenoxy) is 2. The molecule has 1 amide bonds. The number of amides is 1. The minimum atomic E-state index is -0.436. The van der Waals surface area contributed by atoms with Crippen molar-refractivity contribution in [1.29, 1.82) is 0 Å². The number of rotatable bonds is 7. The van der Waals surface area contributed by atoms with E-state index in [4.69, 9.17) is 33.3 Å². The van der Waals surface area contributed by atoms with E-state index < -0.39 is 5.82 Å². The molecule has 0 radical (unpaired) electrons. The smallest absolute Gasteiger partial charge is 0.266 e. The molecule has 3 rings (SSSR count). The normalized spacial score (nSPS) is 15.1. The molecule has 2 aromatic rings. The zero-order chi connectivity index (χ0) is 21.0. The van der Waals surface area contributed by atoms with E-state index in [2.05, 4.69) is 6.58 Å². The fourth-order valence-electron chi connectivity index (χ4n) is 2.65. The molecule has 0 bridgehead atoms. The monoisotopic (exact) mass is 449 g/mol. The third-order valence-electron chi connectivity index (χ3n) is 4.10. The van der Waals surface area contributed by atoms with Crippen molar-refractivity contribution in [2.45, 2.75) is 6.61 Å². The van der Waals surface area contributed by atoms with Gasteiger partial charge in [-0.25, -0.2) is 4.39 Å². The second kappa shape index (κ2) is 9.43. The van der Waals surface area contributed by atoms with Crippen LogP contribution < -0.4 is 9.47 Å². The number of methoxy groups -OCH3 is 1. The van der Waals surface area contributed by atoms with Crippen LogP contribution in [-0.2, 0) is 11.4 Å². The first kappa shape index (κ1) is 21.4. The summed E-state index contributed by atoms with van der Waals surface area (Å²) in [5.74, 6) is 0.291. The van der Waals surface area contributed by atoms with Gasteiger partial charge in [-0.1, -0.05) is 53.8 Å². The average molecular weight is 450 g/mol. The summed E-state index contributed by atoms with van der Waals surface area (Å²) in [5.41, 5.74) is 1.02. The summed E-state index contributed by atoms with van der Waals surface area (Å²) < 4.78 is 25.5. The second-order valence-electron chi connectivity index (χ2n) is 5.98. The van der Waals surface area contributed by atoms with Crippen molar-refractivity contribution in [3.63, 3.8) is 0 Å². The Morgan fingerprint density at radius 1 is 1.31 bits per heavy atom. The zero-order valence-electron chi connectivity index (χ0n) is 15.5. The molecule has 1 aliphatic rings. The lowest BCUT2D eigenvalue weighted by atomic mass is 10.1. The third kappa shape index (κ3) is 4.80. The van der Waals surface area contributed by atoms with E-state index in [1.165, 1.54) is 35.9 Å². The Kier molecular flexibility index (Phi) is 6.95. The van der Waals surface area contributed by atoms with Gasteiger partial charge < -0.3 is 9.47 Å². The second-order valence-corrected chi connectivity index (χ2v) is 8.06. The van der Waals surface area contributed by atoms with Crippen LogP contribution >= 0.6 is 35.6 Å². The van der Waals surface area contributed by atoms with Gasteiger partial charge in [0.1, 0.15) is 16.7 Å². The van der Waals surface area contributed by atoms with E-state index >= 15 is 0 Å². The van der Waals surface area contributed by atoms with E-state index in [1.54, 1.807) is 36.4 Å². The molecule has 0 atom stereocenters. The SMILES string of the molecule is C=CCN1C(=O)/C(=C\c2ccc(OCc3c(F)cccc3Cl)c(OC)c2)SC1=S. The largest absolute Gasteiger partial charge is 0.493 e. The molecule has 1 saturated heterocycles. The molecule has 0 unspecified atom stereocenters. The standard InChI is InChI=1S/C21H17ClFNO3S2/c1-3-9-24-20(25)19(29-21(24)28)11-13-7-8-17(18(10-13)26-2)27-12-14-15(22)5-4-6-16(14)23/h3-8,10-11H,1,9,12H2,2H3/b19-11+. The number of thioether (sulfide) groups is 1. The highest BCUT2D eigenvalue weighted by atomic mass is 35.5. The van der Waals surface area contributed by atoms with Crippen molar-refractivity contribution >= 4 is 51.9 Å². The quantitative estimate of drug-likeness (QED) is 0.319. The maximum absolute atomic E-state index is 13.9. The summed E-state index contributed by atoms with van der Waals surface area (Å²) in [5, 5.41) is 0.294. The Morgan fingerprint density at radius 2 is 2.10 bits per heavy atom. The van der Waals surface area contributed by atoms with E-state index in [-0.39, 0.29) is 18.1 Å². The Bertz CT molecular complexity index is 989. The third-order valence-corrected chi connectivity index (χ3v) is 5.84. The van der Waals surface area contributed by atoms with E-state index in [0.717, 1.165) is 5.56 Å². The van der Waals surface area contributed by atoms with Gasteiger partial charge in [0.05, 0.1) is 17.0 Å². The van der Waals surface area contributed by atoms with Gasteiger partial charge in [-0.2, -0.15) is 0 Å². The van der Waals surface area contributed by atoms with Gasteiger partial charge in [-0.15, -0.1) is 6.58 Å². The fourth-order valence-corrected chi connectivity index (χ4v) is 4.14. The molecule has 4 nitrogen and oxygen atoms in total. The minimum Gasteiger partial charge on any atom is -0.493 e. The molecule has 29 heavy (non-hydrogen) atoms. The molecular weight excluding hydrogens is 433 g/mol. The summed E-state index contributed by atoms with van der Waals surface area (Å²) in [6, 6.07) is 9.68. The molecule has 1 aliphatic heterocycles. The first-order valence-corrected chi connectivity index (χ1v) is 10.1. The summed E-state index contributed by atoms with van der Waals surface area (Å²) >= 11 is 12.5. The van der Waals surface area contributed by atoms with Gasteiger partial charge in [0.25, 0.3) is 5.91 Å². The molecule has 150 valence electrons. The molecule has 0 saturated carbocycles. The summed E-state index contributed by atoms with van der Waals surface area (Å²) in [6.45, 7) is 3.97. The van der Waals surface area contributed by atoms with Gasteiger partial charge >= 0.3 is 0 Å². The van der Waals surface area contributed by atoms with Gasteiger partial charge in [0.15, 0.2) is 11.5 Å². The number of nitrogens with zero attached hydrogens (tertiary/aromatic N) is 1. The molecule has 8 heteroatoms. The summed E-state index contributed by atoms with van der Waals surface area (Å²) in [7, 11) is 1.51. The van der Waals surface area contributed by atoms with Crippen molar-refractivity contribution in [3.05, 3.63) is 75.9 Å². The highest BCUT2D eigenvalue weighted by molar-refractivity contribution is 8.26. The minimum absolute atomic E-state index is 0.0403. The van der Waals surface area contributed by atoms with Crippen LogP contribution in [0.3, 0.4) is 0 Å². The number of hydrogen-bond acceptors (Lipinski definition) is 5. The van der Waals surface area contributed by atoms with Crippen molar-refractivity contribution < 1.29 is 18.7 Å². The van der Waals surface area contributed by atoms with Crippen LogP contribution in [0.15, 0.2) is 54.0 Å². The van der Waals surface area contributed by atoms with Crippen LogP contribution in [-0.4, -0.2) is 28.8 Å². The Balaban J connectivity index is 1.80. The maximum Gasteiger partial charge on any atom is 0.266 e. The van der Waals surface area contributed by atoms with Crippen LogP contribution in [0.4, 0.5) is 4.39 Å². The number of hydrogen-bond donors (Lipinski definition) is 0. The molecular formula is C21H17ClFNO3S2. The van der Waals surface area contributed by atoms with Crippen molar-refractivity contribution in [3.8, 4) is 11.5 Å². The van der Waals surface area contributed by atoms with Crippen LogP contribution in [0.2, 0.25) is 5.02 Å². The lowest BCUT2D eigenvalue weighted by molar-refractivity contribution is -0.121. The molecule has 0 N–H and O–H groups in total. The predicted octanol–water partition coefficient (Wildman–Crippen LogP) is 5.45. The Hall–Kier alpha value is -2.35. The number of carbonyl (C=O) groups is 1. The highest BCUT2D eigenvalue weighted by Gasteiger charge is 2.31. The lowest BCUT2D eigenvalue weighted by Crippen LogP contribution is -2.27. The van der Waals surface area contributed by atoms with E-state index in [0.29, 0.717) is 32.3 Å². The number of benzene rings is 2. The van der Waals surface area contributed by atoms with Crippen molar-refractivity contribution in [2.24, 2.45) is 0 Å². The summed E-state index contributed by atoms with van der Waals surface area (Å²) in [6.07, 6.45) is 3.37. The topological polar surface area (TPSA) is 38.8 Å². The Morgan fingerprint density at radius 3 is 2.79 bits per heavy atom. The molecule has 2 aromatic carbocycles. The maximum atomic E-state index is 13.9. The fraction of sp³-hybridized carbons (Fsp3) is 0.143. The number of halogens is 2. The van der Waals surface area contributed by atoms with Crippen LogP contribution in [0.25, 0.3) is 6.08 Å². The molecule has 1 fully saturated rings. The van der Waals surface area contributed by atoms with Crippen LogP contribution in [0, 0.1) is 5.82 Å². The first-order chi connectivity index (χ1) is 13.9. The zero-order valence-corrected chi connectivity index (χ0v) is 17.9. The Labute approximate surface area is 182 Å². The molecule has 0 aliphatic carbocycles. The van der Waals surface area contributed by atoms with E-state index in [9.17, 15) is 9.18 Å². The van der Waals surface area contributed by atoms with Crippen molar-refractivity contribution in [1.82, 2.24) is 4.90 Å². The highest BCUT2D eigenvalue weighted by Crippen LogP contribution is 2.35. The first-order valence-electron chi connectivity index (χ1n) is 8.54. The van der Waals surface area contributed by atoms with Crippen LogP contribution in [0.5, 0.6) is 11.5 Å². The molecule has 0 spiro atoms. The van der Waals surface area contributed by atoms with Gasteiger partial charge in [0.2, 0.25) is 0 Å². The molecule has 1 heterocycles. The van der Waals surface area contributed by atoms with Gasteiger partial charge in [0, 0.05) is 12.1 Å². The molecule has 0 aromatic heterocycles. The van der Waals surface area contributed by atoms with Gasteiger partial charge in [-0.3, -0.25) is 9.69 Å². The number of thiocarbonyl (C=S) groups is 1.